The van der Waals surface area contributed by atoms with E-state index in [1.165, 1.54) is 0 Å². The molecule has 1 aliphatic rings. The zero-order chi connectivity index (χ0) is 8.70. The van der Waals surface area contributed by atoms with Crippen molar-refractivity contribution in [3.8, 4) is 0 Å². The summed E-state index contributed by atoms with van der Waals surface area (Å²) < 4.78 is 26.4. The Morgan fingerprint density at radius 1 is 1.55 bits per heavy atom. The Kier molecular flexibility index (Phi) is 1.84. The summed E-state index contributed by atoms with van der Waals surface area (Å²) in [5.41, 5.74) is 0.523. The molecule has 0 aliphatic carbocycles. The molecule has 1 saturated heterocycles. The molecule has 4 heteroatoms. The van der Waals surface area contributed by atoms with Crippen molar-refractivity contribution in [3.63, 3.8) is 0 Å². The molecule has 0 N–H and O–H groups in total. The summed E-state index contributed by atoms with van der Waals surface area (Å²) in [5.74, 6) is -0.0417. The summed E-state index contributed by atoms with van der Waals surface area (Å²) in [4.78, 5) is 0. The zero-order valence-corrected chi connectivity index (χ0v) is 7.57. The van der Waals surface area contributed by atoms with E-state index >= 15 is 0 Å². The quantitative estimate of drug-likeness (QED) is 0.407. The van der Waals surface area contributed by atoms with E-state index in [-0.39, 0.29) is 17.8 Å². The van der Waals surface area contributed by atoms with Gasteiger partial charge < -0.3 is 0 Å². The van der Waals surface area contributed by atoms with Crippen LogP contribution in [0, 0.1) is 5.41 Å². The predicted molar refractivity (Wildman–Crippen MR) is 42.7 cm³/mol. The Balaban J connectivity index is 2.87. The van der Waals surface area contributed by atoms with E-state index in [0.29, 0.717) is 0 Å². The molecule has 0 atom stereocenters. The van der Waals surface area contributed by atoms with Gasteiger partial charge in [0.1, 0.15) is 0 Å². The first kappa shape index (κ1) is 8.74. The summed E-state index contributed by atoms with van der Waals surface area (Å²) in [6, 6.07) is 0. The molecular formula is C7H12O3S. The lowest BCUT2D eigenvalue weighted by Crippen LogP contribution is -2.33. The highest BCUT2D eigenvalue weighted by Gasteiger charge is 2.33. The Labute approximate surface area is 67.2 Å². The van der Waals surface area contributed by atoms with Gasteiger partial charge >= 0.3 is 0 Å². The van der Waals surface area contributed by atoms with Crippen molar-refractivity contribution in [1.82, 2.24) is 0 Å². The van der Waals surface area contributed by atoms with E-state index in [1.54, 1.807) is 0 Å². The van der Waals surface area contributed by atoms with Gasteiger partial charge in [-0.2, -0.15) is 8.42 Å². The van der Waals surface area contributed by atoms with Crippen LogP contribution in [0.4, 0.5) is 0 Å². The molecule has 1 heterocycles. The van der Waals surface area contributed by atoms with Gasteiger partial charge in [-0.3, -0.25) is 4.18 Å². The Bertz CT molecular complexity index is 274. The van der Waals surface area contributed by atoms with Crippen LogP contribution in [0.5, 0.6) is 0 Å². The van der Waals surface area contributed by atoms with E-state index in [0.717, 1.165) is 5.57 Å². The van der Waals surface area contributed by atoms with Crippen molar-refractivity contribution in [2.45, 2.75) is 13.8 Å². The molecule has 0 saturated carbocycles. The lowest BCUT2D eigenvalue weighted by Gasteiger charge is -2.30. The lowest BCUT2D eigenvalue weighted by atomic mass is 9.87. The minimum atomic E-state index is -3.30. The average molecular weight is 176 g/mol. The molecule has 0 amide bonds. The molecule has 3 nitrogen and oxygen atoms in total. The molecule has 0 aromatic rings. The minimum Gasteiger partial charge on any atom is -0.269 e. The highest BCUT2D eigenvalue weighted by atomic mass is 32.2. The van der Waals surface area contributed by atoms with Gasteiger partial charge in [-0.25, -0.2) is 0 Å². The maximum absolute atomic E-state index is 10.9. The van der Waals surface area contributed by atoms with Gasteiger partial charge in [0.2, 0.25) is 0 Å². The van der Waals surface area contributed by atoms with Crippen molar-refractivity contribution in [1.29, 1.82) is 0 Å². The molecule has 0 aromatic carbocycles. The molecule has 1 fully saturated rings. The topological polar surface area (TPSA) is 43.4 Å². The summed E-state index contributed by atoms with van der Waals surface area (Å²) in [5, 5.41) is 0. The maximum atomic E-state index is 10.9. The third kappa shape index (κ3) is 1.81. The van der Waals surface area contributed by atoms with Crippen LogP contribution in [0.3, 0.4) is 0 Å². The zero-order valence-electron chi connectivity index (χ0n) is 6.75. The monoisotopic (exact) mass is 176 g/mol. The standard InChI is InChI=1S/C7H12O3S/c1-6-4-11(8,9)10-5-7(6,2)3/h1,4-5H2,2-3H3. The van der Waals surface area contributed by atoms with Crippen LogP contribution in [0.25, 0.3) is 0 Å². The van der Waals surface area contributed by atoms with Gasteiger partial charge in [-0.05, 0) is 0 Å². The SMILES string of the molecule is C=C1CS(=O)(=O)OCC1(C)C. The van der Waals surface area contributed by atoms with Gasteiger partial charge in [0.15, 0.2) is 0 Å². The lowest BCUT2D eigenvalue weighted by molar-refractivity contribution is 0.202. The highest BCUT2D eigenvalue weighted by Crippen LogP contribution is 2.31. The third-order valence-electron chi connectivity index (χ3n) is 1.91. The van der Waals surface area contributed by atoms with E-state index in [1.807, 2.05) is 13.8 Å². The molecule has 1 rings (SSSR count). The Morgan fingerprint density at radius 3 is 2.45 bits per heavy atom. The van der Waals surface area contributed by atoms with Gasteiger partial charge in [0, 0.05) is 5.41 Å². The van der Waals surface area contributed by atoms with E-state index in [4.69, 9.17) is 0 Å². The molecule has 1 aliphatic heterocycles. The van der Waals surface area contributed by atoms with Gasteiger partial charge in [0.25, 0.3) is 10.1 Å². The Hall–Kier alpha value is -0.350. The second-order valence-corrected chi connectivity index (χ2v) is 5.09. The normalized spacial score (nSPS) is 28.4. The first-order valence-corrected chi connectivity index (χ1v) is 4.97. The van der Waals surface area contributed by atoms with Gasteiger partial charge in [0.05, 0.1) is 12.4 Å². The summed E-state index contributed by atoms with van der Waals surface area (Å²) in [6.45, 7) is 7.76. The molecule has 0 spiro atoms. The number of hydrogen-bond acceptors (Lipinski definition) is 3. The predicted octanol–water partition coefficient (Wildman–Crippen LogP) is 0.929. The fourth-order valence-corrected chi connectivity index (χ4v) is 2.16. The summed E-state index contributed by atoms with van der Waals surface area (Å²) in [7, 11) is -3.30. The van der Waals surface area contributed by atoms with Crippen LogP contribution in [-0.2, 0) is 14.3 Å². The van der Waals surface area contributed by atoms with Crippen molar-refractivity contribution in [2.24, 2.45) is 5.41 Å². The van der Waals surface area contributed by atoms with Gasteiger partial charge in [-0.15, -0.1) is 0 Å². The van der Waals surface area contributed by atoms with E-state index < -0.39 is 10.1 Å². The van der Waals surface area contributed by atoms with Crippen LogP contribution < -0.4 is 0 Å². The molecule has 0 radical (unpaired) electrons. The van der Waals surface area contributed by atoms with Crippen molar-refractivity contribution in [3.05, 3.63) is 12.2 Å². The van der Waals surface area contributed by atoms with Crippen molar-refractivity contribution < 1.29 is 12.6 Å². The van der Waals surface area contributed by atoms with Crippen LogP contribution in [0.15, 0.2) is 12.2 Å². The summed E-state index contributed by atoms with van der Waals surface area (Å²) in [6.07, 6.45) is 0. The van der Waals surface area contributed by atoms with E-state index in [9.17, 15) is 8.42 Å². The molecular weight excluding hydrogens is 164 g/mol. The van der Waals surface area contributed by atoms with Crippen LogP contribution in [0.2, 0.25) is 0 Å². The van der Waals surface area contributed by atoms with Crippen molar-refractivity contribution in [2.75, 3.05) is 12.4 Å². The third-order valence-corrected chi connectivity index (χ3v) is 3.09. The highest BCUT2D eigenvalue weighted by molar-refractivity contribution is 7.86. The van der Waals surface area contributed by atoms with Crippen LogP contribution in [0.1, 0.15) is 13.8 Å². The van der Waals surface area contributed by atoms with E-state index in [2.05, 4.69) is 10.8 Å². The first-order chi connectivity index (χ1) is 4.83. The largest absolute Gasteiger partial charge is 0.271 e. The van der Waals surface area contributed by atoms with Crippen LogP contribution >= 0.6 is 0 Å². The minimum absolute atomic E-state index is 0.0417. The molecule has 64 valence electrons. The second-order valence-electron chi connectivity index (χ2n) is 3.45. The number of hydrogen-bond donors (Lipinski definition) is 0. The van der Waals surface area contributed by atoms with Gasteiger partial charge in [-0.1, -0.05) is 26.0 Å². The van der Waals surface area contributed by atoms with Crippen molar-refractivity contribution >= 4 is 10.1 Å². The average Bonchev–Trinajstić information content (AvgIpc) is 1.81. The maximum Gasteiger partial charge on any atom is 0.271 e. The fraction of sp³-hybridized carbons (Fsp3) is 0.714. The fourth-order valence-electron chi connectivity index (χ4n) is 0.790. The number of rotatable bonds is 0. The molecule has 0 bridgehead atoms. The molecule has 11 heavy (non-hydrogen) atoms. The smallest absolute Gasteiger partial charge is 0.269 e. The Morgan fingerprint density at radius 2 is 2.09 bits per heavy atom. The summed E-state index contributed by atoms with van der Waals surface area (Å²) >= 11 is 0. The first-order valence-electron chi connectivity index (χ1n) is 3.39. The molecule has 0 unspecified atom stereocenters. The van der Waals surface area contributed by atoms with Crippen LogP contribution in [-0.4, -0.2) is 20.8 Å². The second kappa shape index (κ2) is 2.32. The molecule has 0 aromatic heterocycles.